The summed E-state index contributed by atoms with van der Waals surface area (Å²) in [6, 6.07) is 12.6. The molecule has 1 atom stereocenters. The molecule has 0 bridgehead atoms. The number of aryl methyl sites for hydroxylation is 1. The van der Waals surface area contributed by atoms with E-state index in [4.69, 9.17) is 5.84 Å². The molecule has 0 spiro atoms. The minimum atomic E-state index is 0.121. The van der Waals surface area contributed by atoms with Crippen molar-refractivity contribution in [2.75, 3.05) is 0 Å². The van der Waals surface area contributed by atoms with Crippen molar-refractivity contribution in [3.05, 3.63) is 64.4 Å². The number of hydrogen-bond acceptors (Lipinski definition) is 3. The van der Waals surface area contributed by atoms with Gasteiger partial charge in [0.15, 0.2) is 0 Å². The fourth-order valence-electron chi connectivity index (χ4n) is 1.92. The molecule has 2 rings (SSSR count). The van der Waals surface area contributed by atoms with Gasteiger partial charge < -0.3 is 0 Å². The highest BCUT2D eigenvalue weighted by molar-refractivity contribution is 9.10. The third-order valence-electron chi connectivity index (χ3n) is 2.89. The third-order valence-corrected chi connectivity index (χ3v) is 3.33. The van der Waals surface area contributed by atoms with Crippen molar-refractivity contribution in [1.29, 1.82) is 0 Å². The normalized spacial score (nSPS) is 12.3. The maximum Gasteiger partial charge on any atom is 0.0478 e. The van der Waals surface area contributed by atoms with E-state index < -0.39 is 0 Å². The van der Waals surface area contributed by atoms with E-state index in [1.165, 1.54) is 5.56 Å². The lowest BCUT2D eigenvalue weighted by Gasteiger charge is -2.16. The van der Waals surface area contributed by atoms with E-state index in [0.29, 0.717) is 0 Å². The number of benzene rings is 1. The Bertz CT molecular complexity index is 487. The van der Waals surface area contributed by atoms with Gasteiger partial charge in [-0.25, -0.2) is 0 Å². The minimum absolute atomic E-state index is 0.121. The molecule has 18 heavy (non-hydrogen) atoms. The lowest BCUT2D eigenvalue weighted by atomic mass is 10.0. The minimum Gasteiger partial charge on any atom is -0.271 e. The third kappa shape index (κ3) is 3.63. The van der Waals surface area contributed by atoms with Crippen LogP contribution in [0.15, 0.2) is 53.3 Å². The van der Waals surface area contributed by atoms with Crippen molar-refractivity contribution in [1.82, 2.24) is 10.4 Å². The Morgan fingerprint density at radius 2 is 2.00 bits per heavy atom. The van der Waals surface area contributed by atoms with Gasteiger partial charge in [0, 0.05) is 22.9 Å². The number of halogens is 1. The molecule has 94 valence electrons. The first kappa shape index (κ1) is 13.2. The molecular weight excluding hydrogens is 290 g/mol. The fourth-order valence-corrected chi connectivity index (χ4v) is 2.30. The molecule has 2 aromatic rings. The monoisotopic (exact) mass is 305 g/mol. The van der Waals surface area contributed by atoms with Gasteiger partial charge in [0.25, 0.3) is 0 Å². The van der Waals surface area contributed by atoms with Gasteiger partial charge in [-0.15, -0.1) is 0 Å². The highest BCUT2D eigenvalue weighted by Gasteiger charge is 2.10. The lowest BCUT2D eigenvalue weighted by Crippen LogP contribution is -2.28. The number of aromatic nitrogens is 1. The summed E-state index contributed by atoms with van der Waals surface area (Å²) >= 11 is 3.42. The molecule has 1 unspecified atom stereocenters. The highest BCUT2D eigenvalue weighted by Crippen LogP contribution is 2.20. The van der Waals surface area contributed by atoms with E-state index in [2.05, 4.69) is 50.6 Å². The zero-order chi connectivity index (χ0) is 12.8. The van der Waals surface area contributed by atoms with Crippen LogP contribution in [0.5, 0.6) is 0 Å². The zero-order valence-corrected chi connectivity index (χ0v) is 11.6. The van der Waals surface area contributed by atoms with Gasteiger partial charge in [0.1, 0.15) is 0 Å². The van der Waals surface area contributed by atoms with Crippen LogP contribution < -0.4 is 11.3 Å². The summed E-state index contributed by atoms with van der Waals surface area (Å²) in [7, 11) is 0. The summed E-state index contributed by atoms with van der Waals surface area (Å²) < 4.78 is 0.972. The van der Waals surface area contributed by atoms with Crippen molar-refractivity contribution in [3.8, 4) is 0 Å². The second-order valence-corrected chi connectivity index (χ2v) is 5.10. The summed E-state index contributed by atoms with van der Waals surface area (Å²) in [6.07, 6.45) is 5.55. The number of nitrogens with one attached hydrogen (secondary N) is 1. The van der Waals surface area contributed by atoms with Crippen molar-refractivity contribution in [2.45, 2.75) is 18.9 Å². The topological polar surface area (TPSA) is 50.9 Å². The van der Waals surface area contributed by atoms with E-state index in [9.17, 15) is 0 Å². The van der Waals surface area contributed by atoms with E-state index in [-0.39, 0.29) is 6.04 Å². The van der Waals surface area contributed by atoms with Crippen LogP contribution in [-0.4, -0.2) is 4.98 Å². The Balaban J connectivity index is 2.02. The Hall–Kier alpha value is -1.23. The van der Waals surface area contributed by atoms with Gasteiger partial charge in [0.2, 0.25) is 0 Å². The van der Waals surface area contributed by atoms with Crippen LogP contribution in [0.25, 0.3) is 0 Å². The van der Waals surface area contributed by atoms with E-state index in [0.717, 1.165) is 22.9 Å². The molecular formula is C14H16BrN3. The number of rotatable bonds is 5. The molecule has 0 radical (unpaired) electrons. The zero-order valence-electron chi connectivity index (χ0n) is 10.0. The predicted molar refractivity (Wildman–Crippen MR) is 76.8 cm³/mol. The van der Waals surface area contributed by atoms with Crippen LogP contribution in [0, 0.1) is 0 Å². The molecule has 1 heterocycles. The van der Waals surface area contributed by atoms with Crippen molar-refractivity contribution < 1.29 is 0 Å². The van der Waals surface area contributed by atoms with Gasteiger partial charge in [-0.2, -0.15) is 0 Å². The smallest absolute Gasteiger partial charge is 0.0478 e. The average Bonchev–Trinajstić information content (AvgIpc) is 2.41. The van der Waals surface area contributed by atoms with Gasteiger partial charge in [-0.1, -0.05) is 30.3 Å². The predicted octanol–water partition coefficient (Wildman–Crippen LogP) is 2.98. The molecule has 0 saturated carbocycles. The van der Waals surface area contributed by atoms with Gasteiger partial charge in [-0.05, 0) is 46.0 Å². The largest absolute Gasteiger partial charge is 0.271 e. The average molecular weight is 306 g/mol. The Morgan fingerprint density at radius 3 is 2.67 bits per heavy atom. The summed E-state index contributed by atoms with van der Waals surface area (Å²) in [5, 5.41) is 0. The van der Waals surface area contributed by atoms with Crippen LogP contribution in [0.4, 0.5) is 0 Å². The number of pyridine rings is 1. The number of nitrogens with two attached hydrogens (primary N) is 1. The van der Waals surface area contributed by atoms with Crippen molar-refractivity contribution in [3.63, 3.8) is 0 Å². The quantitative estimate of drug-likeness (QED) is 0.659. The molecule has 1 aromatic heterocycles. The van der Waals surface area contributed by atoms with Crippen LogP contribution in [0.2, 0.25) is 0 Å². The molecule has 0 aliphatic rings. The SMILES string of the molecule is NNC(CCc1ccccc1)c1cncc(Br)c1. The second kappa shape index (κ2) is 6.64. The number of hydrazine groups is 1. The Morgan fingerprint density at radius 1 is 1.22 bits per heavy atom. The van der Waals surface area contributed by atoms with Crippen LogP contribution in [0.3, 0.4) is 0 Å². The van der Waals surface area contributed by atoms with Gasteiger partial charge in [0.05, 0.1) is 0 Å². The Labute approximate surface area is 116 Å². The maximum atomic E-state index is 5.63. The first-order valence-electron chi connectivity index (χ1n) is 5.90. The summed E-state index contributed by atoms with van der Waals surface area (Å²) in [5.41, 5.74) is 5.27. The number of hydrogen-bond donors (Lipinski definition) is 2. The summed E-state index contributed by atoms with van der Waals surface area (Å²) in [6.45, 7) is 0. The molecule has 0 aliphatic heterocycles. The molecule has 4 heteroatoms. The maximum absolute atomic E-state index is 5.63. The van der Waals surface area contributed by atoms with Crippen LogP contribution in [-0.2, 0) is 6.42 Å². The molecule has 0 saturated heterocycles. The molecule has 3 nitrogen and oxygen atoms in total. The Kier molecular flexibility index (Phi) is 4.87. The van der Waals surface area contributed by atoms with E-state index in [1.54, 1.807) is 6.20 Å². The number of nitrogens with zero attached hydrogens (tertiary/aromatic N) is 1. The second-order valence-electron chi connectivity index (χ2n) is 4.18. The van der Waals surface area contributed by atoms with Gasteiger partial charge >= 0.3 is 0 Å². The first-order valence-corrected chi connectivity index (χ1v) is 6.69. The van der Waals surface area contributed by atoms with Crippen LogP contribution >= 0.6 is 15.9 Å². The summed E-state index contributed by atoms with van der Waals surface area (Å²) in [4.78, 5) is 4.17. The molecule has 1 aromatic carbocycles. The van der Waals surface area contributed by atoms with Crippen LogP contribution in [0.1, 0.15) is 23.6 Å². The van der Waals surface area contributed by atoms with Crippen molar-refractivity contribution in [2.24, 2.45) is 5.84 Å². The first-order chi connectivity index (χ1) is 8.79. The standard InChI is InChI=1S/C14H16BrN3/c15-13-8-12(9-17-10-13)14(18-16)7-6-11-4-2-1-3-5-11/h1-5,8-10,14,18H,6-7,16H2. The molecule has 0 fully saturated rings. The van der Waals surface area contributed by atoms with Gasteiger partial charge in [-0.3, -0.25) is 16.3 Å². The molecule has 0 aliphatic carbocycles. The molecule has 3 N–H and O–H groups in total. The van der Waals surface area contributed by atoms with E-state index in [1.807, 2.05) is 18.3 Å². The highest BCUT2D eigenvalue weighted by atomic mass is 79.9. The lowest BCUT2D eigenvalue weighted by molar-refractivity contribution is 0.515. The molecule has 0 amide bonds. The van der Waals surface area contributed by atoms with E-state index >= 15 is 0 Å². The van der Waals surface area contributed by atoms with Crippen molar-refractivity contribution >= 4 is 15.9 Å². The summed E-state index contributed by atoms with van der Waals surface area (Å²) in [5.74, 6) is 5.63. The fraction of sp³-hybridized carbons (Fsp3) is 0.214.